The molecule has 1 heterocycles. The molecule has 0 bridgehead atoms. The van der Waals surface area contributed by atoms with Gasteiger partial charge in [0.1, 0.15) is 0 Å². The van der Waals surface area contributed by atoms with Crippen LogP contribution in [0.1, 0.15) is 19.3 Å². The second-order valence-corrected chi connectivity index (χ2v) is 4.35. The fourth-order valence-electron chi connectivity index (χ4n) is 1.98. The van der Waals surface area contributed by atoms with E-state index in [-0.39, 0.29) is 12.5 Å². The van der Waals surface area contributed by atoms with Crippen LogP contribution in [0.25, 0.3) is 0 Å². The zero-order valence-electron chi connectivity index (χ0n) is 10.1. The standard InChI is InChI=1S/C11H20N2O4/c1-17-6-4-9(12)10(14)13-5-2-3-8(7-13)11(15)16/h8-9H,2-7,12H2,1H3,(H,15,16)/t8-,9?/m0/s1. The Labute approximate surface area is 101 Å². The molecular formula is C11H20N2O4. The van der Waals surface area contributed by atoms with E-state index >= 15 is 0 Å². The van der Waals surface area contributed by atoms with Gasteiger partial charge in [-0.2, -0.15) is 0 Å². The van der Waals surface area contributed by atoms with Gasteiger partial charge >= 0.3 is 5.97 Å². The van der Waals surface area contributed by atoms with Crippen LogP contribution < -0.4 is 5.73 Å². The largest absolute Gasteiger partial charge is 0.481 e. The number of methoxy groups -OCH3 is 1. The number of hydrogen-bond donors (Lipinski definition) is 2. The molecule has 1 rings (SSSR count). The Kier molecular flexibility index (Phi) is 5.37. The van der Waals surface area contributed by atoms with Gasteiger partial charge in [0, 0.05) is 26.8 Å². The molecule has 1 aliphatic rings. The number of piperidine rings is 1. The van der Waals surface area contributed by atoms with Gasteiger partial charge in [-0.25, -0.2) is 0 Å². The molecule has 17 heavy (non-hydrogen) atoms. The summed E-state index contributed by atoms with van der Waals surface area (Å²) in [6, 6.07) is -0.595. The van der Waals surface area contributed by atoms with Gasteiger partial charge in [0.15, 0.2) is 0 Å². The number of carboxylic acid groups (broad SMARTS) is 1. The number of carboxylic acids is 1. The molecule has 6 heteroatoms. The summed E-state index contributed by atoms with van der Waals surface area (Å²) in [5.74, 6) is -1.47. The molecule has 6 nitrogen and oxygen atoms in total. The fourth-order valence-corrected chi connectivity index (χ4v) is 1.98. The third-order valence-corrected chi connectivity index (χ3v) is 3.03. The first-order chi connectivity index (χ1) is 8.06. The third-order valence-electron chi connectivity index (χ3n) is 3.03. The molecule has 2 atom stereocenters. The van der Waals surface area contributed by atoms with Crippen LogP contribution in [0.2, 0.25) is 0 Å². The van der Waals surface area contributed by atoms with Gasteiger partial charge in [0.05, 0.1) is 12.0 Å². The SMILES string of the molecule is COCCC(N)C(=O)N1CCC[C@H](C(=O)O)C1. The summed E-state index contributed by atoms with van der Waals surface area (Å²) >= 11 is 0. The van der Waals surface area contributed by atoms with E-state index in [4.69, 9.17) is 15.6 Å². The Morgan fingerprint density at radius 2 is 2.29 bits per heavy atom. The first kappa shape index (κ1) is 13.9. The highest BCUT2D eigenvalue weighted by atomic mass is 16.5. The number of likely N-dealkylation sites (tertiary alicyclic amines) is 1. The van der Waals surface area contributed by atoms with Gasteiger partial charge in [0.25, 0.3) is 0 Å². The summed E-state index contributed by atoms with van der Waals surface area (Å²) < 4.78 is 4.86. The van der Waals surface area contributed by atoms with Crippen molar-refractivity contribution >= 4 is 11.9 Å². The summed E-state index contributed by atoms with van der Waals surface area (Å²) in [5.41, 5.74) is 5.74. The molecule has 98 valence electrons. The summed E-state index contributed by atoms with van der Waals surface area (Å²) in [5, 5.41) is 8.93. The van der Waals surface area contributed by atoms with Crippen LogP contribution in [-0.4, -0.2) is 54.7 Å². The van der Waals surface area contributed by atoms with Crippen molar-refractivity contribution < 1.29 is 19.4 Å². The summed E-state index contributed by atoms with van der Waals surface area (Å²) in [7, 11) is 1.55. The number of carbonyl (C=O) groups is 2. The van der Waals surface area contributed by atoms with E-state index in [9.17, 15) is 9.59 Å². The Morgan fingerprint density at radius 3 is 2.88 bits per heavy atom. The molecule has 0 aromatic heterocycles. The van der Waals surface area contributed by atoms with Gasteiger partial charge in [-0.15, -0.1) is 0 Å². The Bertz CT molecular complexity index is 283. The molecular weight excluding hydrogens is 224 g/mol. The lowest BCUT2D eigenvalue weighted by Crippen LogP contribution is -2.49. The van der Waals surface area contributed by atoms with Crippen molar-refractivity contribution in [1.82, 2.24) is 4.90 Å². The molecule has 0 aliphatic carbocycles. The van der Waals surface area contributed by atoms with E-state index < -0.39 is 17.9 Å². The van der Waals surface area contributed by atoms with Crippen molar-refractivity contribution in [2.75, 3.05) is 26.8 Å². The number of rotatable bonds is 5. The topological polar surface area (TPSA) is 92.9 Å². The number of nitrogens with two attached hydrogens (primary N) is 1. The molecule has 0 aromatic carbocycles. The van der Waals surface area contributed by atoms with Gasteiger partial charge in [-0.1, -0.05) is 0 Å². The van der Waals surface area contributed by atoms with Crippen LogP contribution in [0.5, 0.6) is 0 Å². The minimum atomic E-state index is -0.840. The van der Waals surface area contributed by atoms with E-state index in [0.717, 1.165) is 6.42 Å². The lowest BCUT2D eigenvalue weighted by molar-refractivity contribution is -0.146. The van der Waals surface area contributed by atoms with Gasteiger partial charge in [-0.3, -0.25) is 9.59 Å². The zero-order valence-corrected chi connectivity index (χ0v) is 10.1. The predicted octanol–water partition coefficient (Wildman–Crippen LogP) is -0.327. The number of amides is 1. The normalized spacial score (nSPS) is 22.2. The zero-order chi connectivity index (χ0) is 12.8. The second kappa shape index (κ2) is 6.56. The molecule has 0 saturated carbocycles. The van der Waals surface area contributed by atoms with Crippen LogP contribution in [0.3, 0.4) is 0 Å². The highest BCUT2D eigenvalue weighted by Gasteiger charge is 2.30. The maximum Gasteiger partial charge on any atom is 0.308 e. The Balaban J connectivity index is 2.48. The maximum atomic E-state index is 11.9. The molecule has 0 aromatic rings. The van der Waals surface area contributed by atoms with Crippen molar-refractivity contribution in [1.29, 1.82) is 0 Å². The van der Waals surface area contributed by atoms with Crippen LogP contribution >= 0.6 is 0 Å². The van der Waals surface area contributed by atoms with Crippen LogP contribution in [0.4, 0.5) is 0 Å². The van der Waals surface area contributed by atoms with Crippen LogP contribution in [0, 0.1) is 5.92 Å². The molecule has 0 radical (unpaired) electrons. The van der Waals surface area contributed by atoms with Gasteiger partial charge < -0.3 is 20.5 Å². The minimum absolute atomic E-state index is 0.173. The molecule has 1 fully saturated rings. The number of nitrogens with zero attached hydrogens (tertiary/aromatic N) is 1. The van der Waals surface area contributed by atoms with Crippen molar-refractivity contribution in [3.63, 3.8) is 0 Å². The molecule has 1 unspecified atom stereocenters. The van der Waals surface area contributed by atoms with Crippen molar-refractivity contribution in [2.45, 2.75) is 25.3 Å². The maximum absolute atomic E-state index is 11.9. The van der Waals surface area contributed by atoms with E-state index in [1.54, 1.807) is 12.0 Å². The summed E-state index contributed by atoms with van der Waals surface area (Å²) in [6.45, 7) is 1.31. The number of hydrogen-bond acceptors (Lipinski definition) is 4. The van der Waals surface area contributed by atoms with Gasteiger partial charge in [0.2, 0.25) is 5.91 Å². The van der Waals surface area contributed by atoms with Crippen LogP contribution in [-0.2, 0) is 14.3 Å². The minimum Gasteiger partial charge on any atom is -0.481 e. The van der Waals surface area contributed by atoms with Crippen molar-refractivity contribution in [2.24, 2.45) is 11.7 Å². The highest BCUT2D eigenvalue weighted by molar-refractivity contribution is 5.82. The highest BCUT2D eigenvalue weighted by Crippen LogP contribution is 2.17. The number of carbonyl (C=O) groups excluding carboxylic acids is 1. The Morgan fingerprint density at radius 1 is 1.59 bits per heavy atom. The first-order valence-corrected chi connectivity index (χ1v) is 5.82. The first-order valence-electron chi connectivity index (χ1n) is 5.82. The lowest BCUT2D eigenvalue weighted by atomic mass is 9.97. The monoisotopic (exact) mass is 244 g/mol. The summed E-state index contributed by atoms with van der Waals surface area (Å²) in [6.07, 6.45) is 1.82. The molecule has 1 saturated heterocycles. The summed E-state index contributed by atoms with van der Waals surface area (Å²) in [4.78, 5) is 24.4. The molecule has 1 aliphatic heterocycles. The third kappa shape index (κ3) is 3.98. The predicted molar refractivity (Wildman–Crippen MR) is 61.4 cm³/mol. The van der Waals surface area contributed by atoms with E-state index in [1.807, 2.05) is 0 Å². The van der Waals surface area contributed by atoms with E-state index in [2.05, 4.69) is 0 Å². The smallest absolute Gasteiger partial charge is 0.308 e. The molecule has 0 spiro atoms. The van der Waals surface area contributed by atoms with E-state index in [0.29, 0.717) is 26.0 Å². The Hall–Kier alpha value is -1.14. The second-order valence-electron chi connectivity index (χ2n) is 4.35. The van der Waals surface area contributed by atoms with Gasteiger partial charge in [-0.05, 0) is 19.3 Å². The van der Waals surface area contributed by atoms with Crippen molar-refractivity contribution in [3.05, 3.63) is 0 Å². The van der Waals surface area contributed by atoms with Crippen molar-refractivity contribution in [3.8, 4) is 0 Å². The lowest BCUT2D eigenvalue weighted by Gasteiger charge is -2.32. The molecule has 1 amide bonds. The fraction of sp³-hybridized carbons (Fsp3) is 0.818. The number of aliphatic carboxylic acids is 1. The number of ether oxygens (including phenoxy) is 1. The average Bonchev–Trinajstić information content (AvgIpc) is 2.35. The average molecular weight is 244 g/mol. The van der Waals surface area contributed by atoms with Crippen LogP contribution in [0.15, 0.2) is 0 Å². The quantitative estimate of drug-likeness (QED) is 0.691. The van der Waals surface area contributed by atoms with E-state index in [1.165, 1.54) is 0 Å². The molecule has 3 N–H and O–H groups in total.